The Kier molecular flexibility index (Phi) is 5.78. The predicted octanol–water partition coefficient (Wildman–Crippen LogP) is -0.0531. The SMILES string of the molecule is COCCC(CO)OC(C)=O. The molecule has 0 spiro atoms. The molecule has 0 aliphatic rings. The van der Waals surface area contributed by atoms with E-state index in [1.807, 2.05) is 0 Å². The van der Waals surface area contributed by atoms with Gasteiger partial charge < -0.3 is 14.6 Å². The van der Waals surface area contributed by atoms with Gasteiger partial charge in [-0.25, -0.2) is 0 Å². The second kappa shape index (κ2) is 6.12. The molecule has 0 aromatic rings. The van der Waals surface area contributed by atoms with E-state index in [-0.39, 0.29) is 12.6 Å². The van der Waals surface area contributed by atoms with Gasteiger partial charge in [-0.05, 0) is 0 Å². The third-order valence-corrected chi connectivity index (χ3v) is 1.18. The number of aliphatic hydroxyl groups excluding tert-OH is 1. The highest BCUT2D eigenvalue weighted by Crippen LogP contribution is 1.97. The second-order valence-corrected chi connectivity index (χ2v) is 2.20. The van der Waals surface area contributed by atoms with Gasteiger partial charge >= 0.3 is 5.97 Å². The molecule has 0 bridgehead atoms. The topological polar surface area (TPSA) is 55.8 Å². The van der Waals surface area contributed by atoms with E-state index in [1.165, 1.54) is 6.92 Å². The highest BCUT2D eigenvalue weighted by Gasteiger charge is 2.09. The molecular formula is C7H14O4. The van der Waals surface area contributed by atoms with Crippen LogP contribution in [-0.2, 0) is 14.3 Å². The second-order valence-electron chi connectivity index (χ2n) is 2.20. The van der Waals surface area contributed by atoms with Gasteiger partial charge in [-0.15, -0.1) is 0 Å². The number of methoxy groups -OCH3 is 1. The van der Waals surface area contributed by atoms with Crippen molar-refractivity contribution in [1.82, 2.24) is 0 Å². The summed E-state index contributed by atoms with van der Waals surface area (Å²) in [6.45, 7) is 1.65. The van der Waals surface area contributed by atoms with Crippen LogP contribution in [0, 0.1) is 0 Å². The van der Waals surface area contributed by atoms with Gasteiger partial charge in [0.1, 0.15) is 6.10 Å². The Bertz CT molecular complexity index is 113. The molecule has 0 saturated carbocycles. The van der Waals surface area contributed by atoms with Gasteiger partial charge in [0.2, 0.25) is 0 Å². The Balaban J connectivity index is 3.49. The van der Waals surface area contributed by atoms with Crippen LogP contribution in [0.1, 0.15) is 13.3 Å². The minimum absolute atomic E-state index is 0.150. The van der Waals surface area contributed by atoms with Crippen LogP contribution in [0.4, 0.5) is 0 Å². The number of esters is 1. The van der Waals surface area contributed by atoms with Crippen molar-refractivity contribution >= 4 is 5.97 Å². The lowest BCUT2D eigenvalue weighted by atomic mass is 10.3. The van der Waals surface area contributed by atoms with Crippen molar-refractivity contribution < 1.29 is 19.4 Å². The quantitative estimate of drug-likeness (QED) is 0.576. The summed E-state index contributed by atoms with van der Waals surface area (Å²) in [5.41, 5.74) is 0. The first kappa shape index (κ1) is 10.4. The molecule has 0 saturated heterocycles. The molecule has 0 heterocycles. The fourth-order valence-corrected chi connectivity index (χ4v) is 0.671. The summed E-state index contributed by atoms with van der Waals surface area (Å²) in [4.78, 5) is 10.4. The third-order valence-electron chi connectivity index (χ3n) is 1.18. The molecule has 0 aliphatic heterocycles. The number of hydrogen-bond donors (Lipinski definition) is 1. The molecule has 4 heteroatoms. The van der Waals surface area contributed by atoms with Gasteiger partial charge in [-0.3, -0.25) is 4.79 Å². The molecule has 0 amide bonds. The van der Waals surface area contributed by atoms with Crippen molar-refractivity contribution in [2.24, 2.45) is 0 Å². The van der Waals surface area contributed by atoms with Gasteiger partial charge in [0.05, 0.1) is 6.61 Å². The van der Waals surface area contributed by atoms with Crippen molar-refractivity contribution in [2.75, 3.05) is 20.3 Å². The molecular weight excluding hydrogens is 148 g/mol. The van der Waals surface area contributed by atoms with E-state index in [0.717, 1.165) is 0 Å². The summed E-state index contributed by atoms with van der Waals surface area (Å²) in [5, 5.41) is 8.67. The number of aliphatic hydroxyl groups is 1. The molecule has 0 fully saturated rings. The van der Waals surface area contributed by atoms with Gasteiger partial charge in [-0.2, -0.15) is 0 Å². The monoisotopic (exact) mass is 162 g/mol. The van der Waals surface area contributed by atoms with Gasteiger partial charge in [0, 0.05) is 27.1 Å². The van der Waals surface area contributed by atoms with E-state index in [2.05, 4.69) is 0 Å². The fourth-order valence-electron chi connectivity index (χ4n) is 0.671. The first-order chi connectivity index (χ1) is 5.20. The van der Waals surface area contributed by atoms with E-state index in [4.69, 9.17) is 14.6 Å². The molecule has 1 N–H and O–H groups in total. The lowest BCUT2D eigenvalue weighted by Gasteiger charge is -2.12. The summed E-state index contributed by atoms with van der Waals surface area (Å²) in [5.74, 6) is -0.375. The first-order valence-corrected chi connectivity index (χ1v) is 3.47. The van der Waals surface area contributed by atoms with E-state index in [0.29, 0.717) is 13.0 Å². The van der Waals surface area contributed by atoms with Crippen molar-refractivity contribution in [2.45, 2.75) is 19.4 Å². The molecule has 1 unspecified atom stereocenters. The van der Waals surface area contributed by atoms with Crippen molar-refractivity contribution in [3.8, 4) is 0 Å². The fraction of sp³-hybridized carbons (Fsp3) is 0.857. The molecule has 66 valence electrons. The highest BCUT2D eigenvalue weighted by molar-refractivity contribution is 5.66. The molecule has 0 aromatic heterocycles. The minimum atomic E-state index is -0.424. The molecule has 0 radical (unpaired) electrons. The number of ether oxygens (including phenoxy) is 2. The van der Waals surface area contributed by atoms with Gasteiger partial charge in [0.15, 0.2) is 0 Å². The standard InChI is InChI=1S/C7H14O4/c1-6(9)11-7(5-8)3-4-10-2/h7-8H,3-5H2,1-2H3. The average molecular weight is 162 g/mol. The van der Waals surface area contributed by atoms with Gasteiger partial charge in [-0.1, -0.05) is 0 Å². The van der Waals surface area contributed by atoms with E-state index >= 15 is 0 Å². The Labute approximate surface area is 66.1 Å². The van der Waals surface area contributed by atoms with Crippen LogP contribution in [0.15, 0.2) is 0 Å². The van der Waals surface area contributed by atoms with Crippen LogP contribution in [0.25, 0.3) is 0 Å². The molecule has 1 atom stereocenters. The van der Waals surface area contributed by atoms with E-state index < -0.39 is 6.10 Å². The zero-order valence-corrected chi connectivity index (χ0v) is 6.87. The Morgan fingerprint density at radius 2 is 2.27 bits per heavy atom. The minimum Gasteiger partial charge on any atom is -0.460 e. The maximum atomic E-state index is 10.4. The summed E-state index contributed by atoms with van der Waals surface area (Å²) in [6, 6.07) is 0. The average Bonchev–Trinajstić information content (AvgIpc) is 1.97. The number of carbonyl (C=O) groups is 1. The van der Waals surface area contributed by atoms with Crippen LogP contribution in [0.3, 0.4) is 0 Å². The first-order valence-electron chi connectivity index (χ1n) is 3.47. The summed E-state index contributed by atoms with van der Waals surface area (Å²) in [6.07, 6.45) is 0.111. The molecule has 4 nitrogen and oxygen atoms in total. The third kappa shape index (κ3) is 5.82. The van der Waals surface area contributed by atoms with Crippen molar-refractivity contribution in [1.29, 1.82) is 0 Å². The van der Waals surface area contributed by atoms with Crippen LogP contribution >= 0.6 is 0 Å². The van der Waals surface area contributed by atoms with E-state index in [1.54, 1.807) is 7.11 Å². The maximum absolute atomic E-state index is 10.4. The Morgan fingerprint density at radius 3 is 2.64 bits per heavy atom. The summed E-state index contributed by atoms with van der Waals surface area (Å²) >= 11 is 0. The highest BCUT2D eigenvalue weighted by atomic mass is 16.6. The van der Waals surface area contributed by atoms with Crippen LogP contribution in [0.5, 0.6) is 0 Å². The molecule has 0 rings (SSSR count). The summed E-state index contributed by atoms with van der Waals surface area (Å²) in [7, 11) is 1.56. The number of rotatable bonds is 5. The molecule has 11 heavy (non-hydrogen) atoms. The predicted molar refractivity (Wildman–Crippen MR) is 39.1 cm³/mol. The van der Waals surface area contributed by atoms with Gasteiger partial charge in [0.25, 0.3) is 0 Å². The Morgan fingerprint density at radius 1 is 1.64 bits per heavy atom. The zero-order chi connectivity index (χ0) is 8.69. The van der Waals surface area contributed by atoms with E-state index in [9.17, 15) is 4.79 Å². The molecule has 0 aromatic carbocycles. The largest absolute Gasteiger partial charge is 0.460 e. The normalized spacial score (nSPS) is 12.6. The van der Waals surface area contributed by atoms with Crippen LogP contribution in [0.2, 0.25) is 0 Å². The van der Waals surface area contributed by atoms with Crippen LogP contribution in [-0.4, -0.2) is 37.5 Å². The molecule has 0 aliphatic carbocycles. The van der Waals surface area contributed by atoms with Crippen molar-refractivity contribution in [3.05, 3.63) is 0 Å². The smallest absolute Gasteiger partial charge is 0.302 e. The maximum Gasteiger partial charge on any atom is 0.302 e. The van der Waals surface area contributed by atoms with Crippen molar-refractivity contribution in [3.63, 3.8) is 0 Å². The van der Waals surface area contributed by atoms with Crippen LogP contribution < -0.4 is 0 Å². The number of carbonyl (C=O) groups excluding carboxylic acids is 1. The zero-order valence-electron chi connectivity index (χ0n) is 6.87. The lowest BCUT2D eigenvalue weighted by Crippen LogP contribution is -2.21. The number of hydrogen-bond acceptors (Lipinski definition) is 4. The summed E-state index contributed by atoms with van der Waals surface area (Å²) < 4.78 is 9.49. The lowest BCUT2D eigenvalue weighted by molar-refractivity contribution is -0.149. The Hall–Kier alpha value is -0.610.